The highest BCUT2D eigenvalue weighted by Gasteiger charge is 2.40. The Kier molecular flexibility index (Phi) is 2.79. The largest absolute Gasteiger partial charge is 0.399 e. The molecule has 104 valence electrons. The van der Waals surface area contributed by atoms with Gasteiger partial charge in [0, 0.05) is 17.6 Å². The third kappa shape index (κ3) is 2.45. The van der Waals surface area contributed by atoms with Crippen LogP contribution in [-0.2, 0) is 0 Å². The number of nitrogens with one attached hydrogen (secondary N) is 1. The minimum Gasteiger partial charge on any atom is -0.399 e. The van der Waals surface area contributed by atoms with Crippen LogP contribution in [0.4, 0.5) is 11.5 Å². The lowest BCUT2D eigenvalue weighted by molar-refractivity contribution is 0.428. The first-order chi connectivity index (χ1) is 9.79. The smallest absolute Gasteiger partial charge is 0.126 e. The molecule has 2 aliphatic rings. The Morgan fingerprint density at radius 3 is 2.55 bits per heavy atom. The minimum atomic E-state index is 0.794. The van der Waals surface area contributed by atoms with Crippen molar-refractivity contribution in [3.63, 3.8) is 0 Å². The number of anilines is 2. The highest BCUT2D eigenvalue weighted by atomic mass is 15.0. The quantitative estimate of drug-likeness (QED) is 0.813. The van der Waals surface area contributed by atoms with Crippen molar-refractivity contribution in [3.8, 4) is 0 Å². The van der Waals surface area contributed by atoms with Crippen LogP contribution in [0.25, 0.3) is 10.9 Å². The van der Waals surface area contributed by atoms with Gasteiger partial charge in [-0.15, -0.1) is 0 Å². The minimum absolute atomic E-state index is 0.794. The maximum atomic E-state index is 5.80. The summed E-state index contributed by atoms with van der Waals surface area (Å²) in [6, 6.07) is 10.1. The van der Waals surface area contributed by atoms with Gasteiger partial charge in [0.25, 0.3) is 0 Å². The highest BCUT2D eigenvalue weighted by molar-refractivity contribution is 5.83. The molecule has 0 amide bonds. The van der Waals surface area contributed by atoms with E-state index in [1.54, 1.807) is 0 Å². The van der Waals surface area contributed by atoms with Crippen LogP contribution in [0.2, 0.25) is 0 Å². The molecule has 4 rings (SSSR count). The molecule has 0 spiro atoms. The molecule has 2 aromatic rings. The number of nitrogen functional groups attached to an aromatic ring is 1. The number of hydrogen-bond acceptors (Lipinski definition) is 3. The summed E-state index contributed by atoms with van der Waals surface area (Å²) in [5.41, 5.74) is 7.60. The number of pyridine rings is 1. The van der Waals surface area contributed by atoms with Gasteiger partial charge in [-0.2, -0.15) is 0 Å². The average Bonchev–Trinajstić information content (AvgIpc) is 3.33. The third-order valence-electron chi connectivity index (χ3n) is 4.69. The Morgan fingerprint density at radius 1 is 1.10 bits per heavy atom. The van der Waals surface area contributed by atoms with Gasteiger partial charge < -0.3 is 11.1 Å². The summed E-state index contributed by atoms with van der Waals surface area (Å²) in [5, 5.41) is 4.66. The Balaban J connectivity index is 1.49. The zero-order valence-electron chi connectivity index (χ0n) is 11.7. The SMILES string of the molecule is Nc1ccc2nc(NCC(C3CC3)C3CC3)ccc2c1. The van der Waals surface area contributed by atoms with Crippen molar-refractivity contribution < 1.29 is 0 Å². The number of nitrogens with two attached hydrogens (primary N) is 1. The number of rotatable bonds is 5. The Morgan fingerprint density at radius 2 is 1.85 bits per heavy atom. The van der Waals surface area contributed by atoms with Crippen LogP contribution >= 0.6 is 0 Å². The highest BCUT2D eigenvalue weighted by Crippen LogP contribution is 2.49. The van der Waals surface area contributed by atoms with E-state index >= 15 is 0 Å². The summed E-state index contributed by atoms with van der Waals surface area (Å²) < 4.78 is 0. The first kappa shape index (κ1) is 12.0. The van der Waals surface area contributed by atoms with Gasteiger partial charge in [-0.1, -0.05) is 0 Å². The predicted octanol–water partition coefficient (Wildman–Crippen LogP) is 3.67. The van der Waals surface area contributed by atoms with E-state index in [4.69, 9.17) is 5.73 Å². The van der Waals surface area contributed by atoms with Gasteiger partial charge in [-0.25, -0.2) is 4.98 Å². The van der Waals surface area contributed by atoms with Gasteiger partial charge in [-0.05, 0) is 73.8 Å². The summed E-state index contributed by atoms with van der Waals surface area (Å²) in [6.07, 6.45) is 5.75. The predicted molar refractivity (Wildman–Crippen MR) is 83.6 cm³/mol. The van der Waals surface area contributed by atoms with E-state index in [-0.39, 0.29) is 0 Å². The number of aromatic nitrogens is 1. The van der Waals surface area contributed by atoms with Crippen LogP contribution in [0.5, 0.6) is 0 Å². The summed E-state index contributed by atoms with van der Waals surface area (Å²) in [6.45, 7) is 1.09. The molecule has 3 heteroatoms. The van der Waals surface area contributed by atoms with Crippen molar-refractivity contribution in [2.24, 2.45) is 17.8 Å². The fourth-order valence-corrected chi connectivity index (χ4v) is 3.23. The molecule has 2 saturated carbocycles. The van der Waals surface area contributed by atoms with E-state index < -0.39 is 0 Å². The van der Waals surface area contributed by atoms with Gasteiger partial charge in [0.2, 0.25) is 0 Å². The molecule has 0 unspecified atom stereocenters. The molecule has 3 N–H and O–H groups in total. The summed E-state index contributed by atoms with van der Waals surface area (Å²) in [7, 11) is 0. The van der Waals surface area contributed by atoms with Crippen LogP contribution in [0.15, 0.2) is 30.3 Å². The lowest BCUT2D eigenvalue weighted by Crippen LogP contribution is -2.18. The zero-order valence-corrected chi connectivity index (χ0v) is 11.7. The van der Waals surface area contributed by atoms with E-state index in [0.717, 1.165) is 46.7 Å². The van der Waals surface area contributed by atoms with Crippen molar-refractivity contribution in [2.75, 3.05) is 17.6 Å². The summed E-state index contributed by atoms with van der Waals surface area (Å²) in [4.78, 5) is 4.68. The molecule has 1 aromatic heterocycles. The van der Waals surface area contributed by atoms with E-state index in [1.807, 2.05) is 18.2 Å². The number of hydrogen-bond donors (Lipinski definition) is 2. The van der Waals surface area contributed by atoms with Gasteiger partial charge in [0.05, 0.1) is 5.52 Å². The maximum Gasteiger partial charge on any atom is 0.126 e. The molecule has 0 saturated heterocycles. The fraction of sp³-hybridized carbons (Fsp3) is 0.471. The molecular formula is C17H21N3. The molecule has 1 aromatic carbocycles. The van der Waals surface area contributed by atoms with Crippen LogP contribution < -0.4 is 11.1 Å². The van der Waals surface area contributed by atoms with Gasteiger partial charge in [0.1, 0.15) is 5.82 Å². The first-order valence-electron chi connectivity index (χ1n) is 7.70. The maximum absolute atomic E-state index is 5.80. The second-order valence-electron chi connectivity index (χ2n) is 6.37. The van der Waals surface area contributed by atoms with Crippen molar-refractivity contribution >= 4 is 22.4 Å². The Hall–Kier alpha value is -1.77. The number of nitrogens with zero attached hydrogens (tertiary/aromatic N) is 1. The standard InChI is InChI=1S/C17H21N3/c18-14-6-7-16-13(9-14)5-8-17(20-16)19-10-15(11-1-2-11)12-3-4-12/h5-9,11-12,15H,1-4,10,18H2,(H,19,20). The van der Waals surface area contributed by atoms with E-state index in [0.29, 0.717) is 0 Å². The molecule has 0 radical (unpaired) electrons. The molecule has 0 atom stereocenters. The lowest BCUT2D eigenvalue weighted by atomic mass is 9.98. The normalized spacial score (nSPS) is 18.6. The van der Waals surface area contributed by atoms with E-state index in [1.165, 1.54) is 25.7 Å². The van der Waals surface area contributed by atoms with Crippen molar-refractivity contribution in [3.05, 3.63) is 30.3 Å². The zero-order chi connectivity index (χ0) is 13.5. The second-order valence-corrected chi connectivity index (χ2v) is 6.37. The molecular weight excluding hydrogens is 246 g/mol. The van der Waals surface area contributed by atoms with Crippen molar-refractivity contribution in [2.45, 2.75) is 25.7 Å². The number of benzene rings is 1. The molecule has 0 aliphatic heterocycles. The average molecular weight is 267 g/mol. The molecule has 3 nitrogen and oxygen atoms in total. The van der Waals surface area contributed by atoms with Gasteiger partial charge >= 0.3 is 0 Å². The van der Waals surface area contributed by atoms with E-state index in [9.17, 15) is 0 Å². The number of fused-ring (bicyclic) bond motifs is 1. The van der Waals surface area contributed by atoms with Crippen molar-refractivity contribution in [1.29, 1.82) is 0 Å². The van der Waals surface area contributed by atoms with Crippen LogP contribution in [-0.4, -0.2) is 11.5 Å². The fourth-order valence-electron chi connectivity index (χ4n) is 3.23. The molecule has 2 fully saturated rings. The molecule has 1 heterocycles. The first-order valence-corrected chi connectivity index (χ1v) is 7.70. The van der Waals surface area contributed by atoms with Crippen LogP contribution in [0.3, 0.4) is 0 Å². The van der Waals surface area contributed by atoms with Crippen LogP contribution in [0.1, 0.15) is 25.7 Å². The van der Waals surface area contributed by atoms with Crippen LogP contribution in [0, 0.1) is 17.8 Å². The lowest BCUT2D eigenvalue weighted by Gasteiger charge is -2.16. The molecule has 2 aliphatic carbocycles. The van der Waals surface area contributed by atoms with Gasteiger partial charge in [0.15, 0.2) is 0 Å². The summed E-state index contributed by atoms with van der Waals surface area (Å²) >= 11 is 0. The molecule has 20 heavy (non-hydrogen) atoms. The summed E-state index contributed by atoms with van der Waals surface area (Å²) in [5.74, 6) is 3.83. The second kappa shape index (κ2) is 4.65. The third-order valence-corrected chi connectivity index (χ3v) is 4.69. The Bertz CT molecular complexity index is 617. The van der Waals surface area contributed by atoms with Gasteiger partial charge in [-0.3, -0.25) is 0 Å². The topological polar surface area (TPSA) is 50.9 Å². The van der Waals surface area contributed by atoms with E-state index in [2.05, 4.69) is 22.4 Å². The monoisotopic (exact) mass is 267 g/mol. The molecule has 0 bridgehead atoms. The Labute approximate surface area is 119 Å². The van der Waals surface area contributed by atoms with Crippen molar-refractivity contribution in [1.82, 2.24) is 4.98 Å².